The number of nitrogens with zero attached hydrogens (tertiary/aromatic N) is 3. The smallest absolute Gasteiger partial charge is 0.252 e. The number of piperidine rings is 1. The van der Waals surface area contributed by atoms with Gasteiger partial charge < -0.3 is 5.32 Å². The van der Waals surface area contributed by atoms with E-state index in [4.69, 9.17) is 4.98 Å². The van der Waals surface area contributed by atoms with Gasteiger partial charge in [-0.05, 0) is 73.8 Å². The summed E-state index contributed by atoms with van der Waals surface area (Å²) in [5.74, 6) is 0.161. The van der Waals surface area contributed by atoms with Gasteiger partial charge in [-0.1, -0.05) is 36.4 Å². The van der Waals surface area contributed by atoms with Crippen LogP contribution in [0.4, 0.5) is 4.39 Å². The van der Waals surface area contributed by atoms with Gasteiger partial charge in [0.25, 0.3) is 5.91 Å². The first-order valence-electron chi connectivity index (χ1n) is 11.7. The van der Waals surface area contributed by atoms with Crippen LogP contribution in [-0.4, -0.2) is 40.4 Å². The predicted octanol–water partition coefficient (Wildman–Crippen LogP) is 5.08. The van der Waals surface area contributed by atoms with Crippen LogP contribution in [0.3, 0.4) is 0 Å². The van der Waals surface area contributed by atoms with Gasteiger partial charge in [0.2, 0.25) is 0 Å². The lowest BCUT2D eigenvalue weighted by Crippen LogP contribution is -2.38. The average Bonchev–Trinajstić information content (AvgIpc) is 2.89. The molecule has 1 fully saturated rings. The summed E-state index contributed by atoms with van der Waals surface area (Å²) in [5, 5.41) is 4.00. The topological polar surface area (TPSA) is 58.1 Å². The van der Waals surface area contributed by atoms with E-state index in [0.717, 1.165) is 54.6 Å². The first kappa shape index (κ1) is 22.2. The summed E-state index contributed by atoms with van der Waals surface area (Å²) in [7, 11) is 0. The Bertz CT molecular complexity index is 1270. The van der Waals surface area contributed by atoms with Gasteiger partial charge in [-0.25, -0.2) is 9.37 Å². The largest absolute Gasteiger partial charge is 0.352 e. The molecule has 0 atom stereocenters. The van der Waals surface area contributed by atoms with Crippen LogP contribution >= 0.6 is 0 Å². The lowest BCUT2D eigenvalue weighted by molar-refractivity contribution is 0.0937. The van der Waals surface area contributed by atoms with Gasteiger partial charge in [-0.15, -0.1) is 0 Å². The number of rotatable bonds is 6. The highest BCUT2D eigenvalue weighted by Crippen LogP contribution is 2.24. The molecule has 6 heteroatoms. The second-order valence-corrected chi connectivity index (χ2v) is 8.84. The quantitative estimate of drug-likeness (QED) is 0.442. The zero-order valence-electron chi connectivity index (χ0n) is 19.0. The van der Waals surface area contributed by atoms with Crippen LogP contribution in [0.15, 0.2) is 79.0 Å². The molecule has 2 aromatic heterocycles. The molecule has 0 saturated carbocycles. The number of pyridine rings is 2. The molecule has 0 aliphatic carbocycles. The Balaban J connectivity index is 1.23. The molecular weight excluding hydrogens is 427 g/mol. The van der Waals surface area contributed by atoms with E-state index in [9.17, 15) is 9.18 Å². The number of fused-ring (bicyclic) bond motifs is 1. The maximum atomic E-state index is 13.2. The molecule has 3 heterocycles. The molecule has 1 aliphatic heterocycles. The summed E-state index contributed by atoms with van der Waals surface area (Å²) < 4.78 is 13.1. The number of nitrogens with one attached hydrogen (secondary N) is 1. The van der Waals surface area contributed by atoms with Gasteiger partial charge in [0.05, 0.1) is 22.5 Å². The highest BCUT2D eigenvalue weighted by atomic mass is 19.1. The maximum Gasteiger partial charge on any atom is 0.252 e. The lowest BCUT2D eigenvalue weighted by Gasteiger charge is -2.32. The van der Waals surface area contributed by atoms with Crippen LogP contribution in [0.2, 0.25) is 0 Å². The molecule has 1 aliphatic rings. The van der Waals surface area contributed by atoms with Crippen molar-refractivity contribution in [3.8, 4) is 11.4 Å². The molecule has 1 amide bonds. The monoisotopic (exact) mass is 454 g/mol. The number of halogens is 1. The van der Waals surface area contributed by atoms with Gasteiger partial charge in [0, 0.05) is 24.7 Å². The van der Waals surface area contributed by atoms with E-state index in [0.29, 0.717) is 23.7 Å². The molecule has 34 heavy (non-hydrogen) atoms. The van der Waals surface area contributed by atoms with Gasteiger partial charge in [0.15, 0.2) is 0 Å². The van der Waals surface area contributed by atoms with Gasteiger partial charge in [-0.2, -0.15) is 0 Å². The van der Waals surface area contributed by atoms with Gasteiger partial charge in [-0.3, -0.25) is 14.7 Å². The highest BCUT2D eigenvalue weighted by molar-refractivity contribution is 6.07. The van der Waals surface area contributed by atoms with E-state index in [1.165, 1.54) is 12.1 Å². The number of carbonyl (C=O) groups is 1. The summed E-state index contributed by atoms with van der Waals surface area (Å²) in [6, 6.07) is 22.0. The van der Waals surface area contributed by atoms with Crippen LogP contribution < -0.4 is 5.32 Å². The van der Waals surface area contributed by atoms with Gasteiger partial charge in [0.1, 0.15) is 5.82 Å². The molecule has 0 spiro atoms. The Morgan fingerprint density at radius 1 is 0.971 bits per heavy atom. The molecule has 172 valence electrons. The van der Waals surface area contributed by atoms with Crippen LogP contribution in [-0.2, 0) is 6.54 Å². The molecule has 0 bridgehead atoms. The average molecular weight is 455 g/mol. The number of benzene rings is 2. The van der Waals surface area contributed by atoms with Crippen molar-refractivity contribution >= 4 is 16.8 Å². The Kier molecular flexibility index (Phi) is 6.58. The van der Waals surface area contributed by atoms with Crippen molar-refractivity contribution in [2.75, 3.05) is 19.6 Å². The summed E-state index contributed by atoms with van der Waals surface area (Å²) in [6.45, 7) is 3.43. The summed E-state index contributed by atoms with van der Waals surface area (Å²) in [5.41, 5.74) is 3.97. The maximum absolute atomic E-state index is 13.2. The third kappa shape index (κ3) is 5.13. The van der Waals surface area contributed by atoms with Crippen LogP contribution in [0.25, 0.3) is 22.3 Å². The zero-order valence-corrected chi connectivity index (χ0v) is 19.0. The zero-order chi connectivity index (χ0) is 23.3. The van der Waals surface area contributed by atoms with Crippen molar-refractivity contribution in [2.24, 2.45) is 5.92 Å². The standard InChI is InChI=1S/C28H27FN4O/c29-22-10-8-21(9-11-22)19-33-15-12-20(13-16-33)18-31-28(34)24-17-27(26-7-3-4-14-30-26)32-25-6-2-1-5-23(24)25/h1-11,14,17,20H,12-13,15-16,18-19H2,(H,31,34). The fourth-order valence-electron chi connectivity index (χ4n) is 4.54. The number of hydrogen-bond donors (Lipinski definition) is 1. The van der Waals surface area contributed by atoms with Crippen LogP contribution in [0.1, 0.15) is 28.8 Å². The molecular formula is C28H27FN4O. The lowest BCUT2D eigenvalue weighted by atomic mass is 9.96. The minimum atomic E-state index is -0.202. The minimum absolute atomic E-state index is 0.0791. The number of para-hydroxylation sites is 1. The van der Waals surface area contributed by atoms with Crippen LogP contribution in [0, 0.1) is 11.7 Å². The van der Waals surface area contributed by atoms with Crippen LogP contribution in [0.5, 0.6) is 0 Å². The van der Waals surface area contributed by atoms with Crippen molar-refractivity contribution < 1.29 is 9.18 Å². The number of likely N-dealkylation sites (tertiary alicyclic amines) is 1. The van der Waals surface area contributed by atoms with Crippen molar-refractivity contribution in [3.63, 3.8) is 0 Å². The molecule has 0 unspecified atom stereocenters. The Morgan fingerprint density at radius 3 is 2.50 bits per heavy atom. The number of carbonyl (C=O) groups excluding carboxylic acids is 1. The van der Waals surface area contributed by atoms with E-state index in [-0.39, 0.29) is 11.7 Å². The highest BCUT2D eigenvalue weighted by Gasteiger charge is 2.21. The molecule has 4 aromatic rings. The molecule has 1 N–H and O–H groups in total. The second-order valence-electron chi connectivity index (χ2n) is 8.84. The third-order valence-corrected chi connectivity index (χ3v) is 6.47. The third-order valence-electron chi connectivity index (χ3n) is 6.47. The predicted molar refractivity (Wildman–Crippen MR) is 132 cm³/mol. The minimum Gasteiger partial charge on any atom is -0.352 e. The summed E-state index contributed by atoms with van der Waals surface area (Å²) in [6.07, 6.45) is 3.78. The normalized spacial score (nSPS) is 14.9. The van der Waals surface area contributed by atoms with E-state index >= 15 is 0 Å². The molecule has 1 saturated heterocycles. The second kappa shape index (κ2) is 10.1. The van der Waals surface area contributed by atoms with Crippen molar-refractivity contribution in [1.82, 2.24) is 20.2 Å². The SMILES string of the molecule is O=C(NCC1CCN(Cc2ccc(F)cc2)CC1)c1cc(-c2ccccn2)nc2ccccc12. The summed E-state index contributed by atoms with van der Waals surface area (Å²) >= 11 is 0. The Labute approximate surface area is 198 Å². The van der Waals surface area contributed by atoms with Crippen molar-refractivity contribution in [1.29, 1.82) is 0 Å². The first-order valence-corrected chi connectivity index (χ1v) is 11.7. The fourth-order valence-corrected chi connectivity index (χ4v) is 4.54. The fraction of sp³-hybridized carbons (Fsp3) is 0.250. The van der Waals surface area contributed by atoms with E-state index in [2.05, 4.69) is 15.2 Å². The Morgan fingerprint density at radius 2 is 1.74 bits per heavy atom. The molecule has 2 aromatic carbocycles. The number of amides is 1. The van der Waals surface area contributed by atoms with Crippen molar-refractivity contribution in [2.45, 2.75) is 19.4 Å². The molecule has 5 rings (SSSR count). The molecule has 0 radical (unpaired) electrons. The van der Waals surface area contributed by atoms with E-state index in [1.54, 1.807) is 6.20 Å². The molecule has 5 nitrogen and oxygen atoms in total. The first-order chi connectivity index (χ1) is 16.7. The van der Waals surface area contributed by atoms with E-state index in [1.807, 2.05) is 60.7 Å². The number of hydrogen-bond acceptors (Lipinski definition) is 4. The van der Waals surface area contributed by atoms with Gasteiger partial charge >= 0.3 is 0 Å². The summed E-state index contributed by atoms with van der Waals surface area (Å²) in [4.78, 5) is 24.7. The number of aromatic nitrogens is 2. The van der Waals surface area contributed by atoms with E-state index < -0.39 is 0 Å². The Hall–Kier alpha value is -3.64. The van der Waals surface area contributed by atoms with Crippen molar-refractivity contribution in [3.05, 3.63) is 95.9 Å².